The largest absolute Gasteiger partial charge is 0.416 e. The molecule has 4 N–H and O–H groups in total. The van der Waals surface area contributed by atoms with E-state index in [2.05, 4.69) is 10.6 Å². The van der Waals surface area contributed by atoms with E-state index < -0.39 is 99.6 Å². The second-order valence-electron chi connectivity index (χ2n) is 23.1. The summed E-state index contributed by atoms with van der Waals surface area (Å²) in [5, 5.41) is 5.58. The van der Waals surface area contributed by atoms with Crippen LogP contribution in [-0.2, 0) is 63.0 Å². The zero-order valence-corrected chi connectivity index (χ0v) is 58.3. The van der Waals surface area contributed by atoms with Crippen molar-refractivity contribution in [1.29, 1.82) is 0 Å². The minimum atomic E-state index is -4.65. The molecule has 0 bridgehead atoms. The smallest absolute Gasteiger partial charge is 0.399 e. The number of carbonyl (C=O) groups excluding carboxylic acids is 3. The summed E-state index contributed by atoms with van der Waals surface area (Å²) in [4.78, 5) is 35.8. The van der Waals surface area contributed by atoms with Crippen molar-refractivity contribution < 1.29 is 87.9 Å². The number of halogens is 14. The van der Waals surface area contributed by atoms with Gasteiger partial charge >= 0.3 is 18.5 Å². The Kier molecular flexibility index (Phi) is 31.8. The Morgan fingerprint density at radius 2 is 0.804 bits per heavy atom. The number of carbonyl (C=O) groups is 3. The zero-order valence-electron chi connectivity index (χ0n) is 53.6. The van der Waals surface area contributed by atoms with Gasteiger partial charge in [0.2, 0.25) is 47.1 Å². The number of nitrogens with two attached hydrogens (primary N) is 1. The van der Waals surface area contributed by atoms with Crippen LogP contribution in [0, 0.1) is 11.6 Å². The molecule has 3 aliphatic rings. The summed E-state index contributed by atoms with van der Waals surface area (Å²) in [6.45, 7) is 13.0. The Balaban J connectivity index is 0.000000286. The van der Waals surface area contributed by atoms with E-state index in [1.165, 1.54) is 79.6 Å². The van der Waals surface area contributed by atoms with Crippen LogP contribution in [0.3, 0.4) is 0 Å². The van der Waals surface area contributed by atoms with Gasteiger partial charge in [-0.1, -0.05) is 18.2 Å². The van der Waals surface area contributed by atoms with Gasteiger partial charge in [0.05, 0.1) is 43.8 Å². The number of benzene rings is 5. The molecule has 3 fully saturated rings. The van der Waals surface area contributed by atoms with Gasteiger partial charge in [0, 0.05) is 73.8 Å². The Morgan fingerprint density at radius 1 is 0.505 bits per heavy atom. The molecule has 97 heavy (non-hydrogen) atoms. The molecule has 3 saturated heterocycles. The van der Waals surface area contributed by atoms with Crippen LogP contribution in [0.5, 0.6) is 0 Å². The van der Waals surface area contributed by atoms with Crippen molar-refractivity contribution >= 4 is 93.3 Å². The Morgan fingerprint density at radius 3 is 1.08 bits per heavy atom. The first-order chi connectivity index (χ1) is 45.1. The molecule has 3 heterocycles. The Bertz CT molecular complexity index is 3670. The maximum Gasteiger partial charge on any atom is 0.416 e. The number of nitrogens with one attached hydrogen (secondary N) is 2. The van der Waals surface area contributed by atoms with E-state index in [0.717, 1.165) is 36.4 Å². The van der Waals surface area contributed by atoms with E-state index in [4.69, 9.17) is 40.5 Å². The van der Waals surface area contributed by atoms with Gasteiger partial charge in [0.1, 0.15) is 17.5 Å². The third-order valence-corrected chi connectivity index (χ3v) is 22.3. The molecule has 0 atom stereocenters. The zero-order chi connectivity index (χ0) is 73.0. The third kappa shape index (κ3) is 25.0. The summed E-state index contributed by atoms with van der Waals surface area (Å²) >= 11 is 15.1. The van der Waals surface area contributed by atoms with Gasteiger partial charge in [-0.05, 0) is 208 Å². The van der Waals surface area contributed by atoms with Crippen LogP contribution in [0.15, 0.2) is 136 Å². The average molecular weight is 1500 g/mol. The van der Waals surface area contributed by atoms with E-state index >= 15 is 0 Å². The summed E-state index contributed by atoms with van der Waals surface area (Å²) in [7, 11) is -12.3. The molecule has 0 radical (unpaired) electrons. The SMILES string of the molecule is CC(C)N(C1CCN(C(=O)CCl)CC1)S(=O)(=O)c1cccc(C(F)(F)F)c1.CC(C)N(C1CCN(C(=O)CNc2ccc(F)cc2)CC1)S(=O)(=O)c1cccc(C(F)(F)F)c1.CC(C)N(C1CCNCC1)S(=O)(=O)c1cccc(C(F)(F)F)c1.Nc1ccc(F)cc1.O=C(Cl)CCl. The number of piperidine rings is 3. The lowest BCUT2D eigenvalue weighted by atomic mass is 10.0. The maximum atomic E-state index is 13.3. The van der Waals surface area contributed by atoms with E-state index in [1.807, 2.05) is 0 Å². The fourth-order valence-corrected chi connectivity index (χ4v) is 16.7. The quantitative estimate of drug-likeness (QED) is 0.0343. The number of sulfonamides is 3. The average Bonchev–Trinajstić information content (AvgIpc) is 1.19. The van der Waals surface area contributed by atoms with Crippen LogP contribution in [0.4, 0.5) is 59.7 Å². The lowest BCUT2D eigenvalue weighted by molar-refractivity contribution is -0.138. The molecule has 34 heteroatoms. The molecule has 3 aliphatic heterocycles. The molecule has 5 aromatic carbocycles. The number of hydrogen-bond donors (Lipinski definition) is 3. The maximum absolute atomic E-state index is 13.3. The lowest BCUT2D eigenvalue weighted by Gasteiger charge is -2.39. The number of nitrogen functional groups attached to an aromatic ring is 1. The normalized spacial score (nSPS) is 15.6. The van der Waals surface area contributed by atoms with Crippen LogP contribution < -0.4 is 16.4 Å². The molecule has 0 spiro atoms. The van der Waals surface area contributed by atoms with Crippen molar-refractivity contribution in [1.82, 2.24) is 28.0 Å². The summed E-state index contributed by atoms with van der Waals surface area (Å²) in [6.07, 6.45) is -11.0. The summed E-state index contributed by atoms with van der Waals surface area (Å²) in [6, 6.07) is 20.5. The first-order valence-electron chi connectivity index (χ1n) is 30.3. The number of anilines is 2. The highest BCUT2D eigenvalue weighted by Gasteiger charge is 2.42. The van der Waals surface area contributed by atoms with Gasteiger partial charge in [-0.25, -0.2) is 34.0 Å². The Labute approximate surface area is 573 Å². The molecule has 5 aromatic rings. The molecule has 0 aromatic heterocycles. The molecule has 0 saturated carbocycles. The number of hydrogen-bond acceptors (Lipinski definition) is 12. The van der Waals surface area contributed by atoms with Gasteiger partial charge in [-0.15, -0.1) is 23.2 Å². The molecule has 17 nitrogen and oxygen atoms in total. The molecule has 0 aliphatic carbocycles. The van der Waals surface area contributed by atoms with Gasteiger partial charge < -0.3 is 26.2 Å². The molecular formula is C63H78Cl3F11N8O9S3. The van der Waals surface area contributed by atoms with Crippen molar-refractivity contribution in [2.45, 2.75) is 150 Å². The van der Waals surface area contributed by atoms with Crippen molar-refractivity contribution in [2.24, 2.45) is 0 Å². The van der Waals surface area contributed by atoms with E-state index in [1.54, 1.807) is 51.3 Å². The highest BCUT2D eigenvalue weighted by molar-refractivity contribution is 7.89. The van der Waals surface area contributed by atoms with Crippen molar-refractivity contribution in [3.63, 3.8) is 0 Å². The number of amides is 2. The van der Waals surface area contributed by atoms with Crippen LogP contribution in [0.25, 0.3) is 0 Å². The highest BCUT2D eigenvalue weighted by atomic mass is 35.5. The first kappa shape index (κ1) is 83.5. The Hall–Kier alpha value is -5.90. The van der Waals surface area contributed by atoms with Gasteiger partial charge in [-0.3, -0.25) is 14.4 Å². The molecule has 540 valence electrons. The summed E-state index contributed by atoms with van der Waals surface area (Å²) in [5.41, 5.74) is 3.47. The van der Waals surface area contributed by atoms with Gasteiger partial charge in [0.15, 0.2) is 0 Å². The van der Waals surface area contributed by atoms with Crippen molar-refractivity contribution in [3.8, 4) is 0 Å². The fourth-order valence-electron chi connectivity index (χ4n) is 10.8. The number of nitrogens with zero attached hydrogens (tertiary/aromatic N) is 5. The predicted molar refractivity (Wildman–Crippen MR) is 350 cm³/mol. The summed E-state index contributed by atoms with van der Waals surface area (Å²) in [5.74, 6) is -1.26. The molecule has 2 amide bonds. The molecule has 0 unspecified atom stereocenters. The van der Waals surface area contributed by atoms with E-state index in [9.17, 15) is 87.9 Å². The third-order valence-electron chi connectivity index (χ3n) is 15.1. The van der Waals surface area contributed by atoms with E-state index in [-0.39, 0.29) is 63.6 Å². The van der Waals surface area contributed by atoms with Gasteiger partial charge in [0.25, 0.3) is 0 Å². The number of rotatable bonds is 17. The van der Waals surface area contributed by atoms with Crippen LogP contribution in [0.1, 0.15) is 96.8 Å². The summed E-state index contributed by atoms with van der Waals surface area (Å²) < 4.78 is 224. The minimum absolute atomic E-state index is 0.00667. The predicted octanol–water partition coefficient (Wildman–Crippen LogP) is 12.9. The molecular weight excluding hydrogens is 1420 g/mol. The van der Waals surface area contributed by atoms with Crippen LogP contribution >= 0.6 is 34.8 Å². The number of alkyl halides is 11. The van der Waals surface area contributed by atoms with Crippen molar-refractivity contribution in [2.75, 3.05) is 68.6 Å². The second kappa shape index (κ2) is 37.0. The van der Waals surface area contributed by atoms with Gasteiger partial charge in [-0.2, -0.15) is 52.4 Å². The molecule has 8 rings (SSSR count). The van der Waals surface area contributed by atoms with Crippen LogP contribution in [0.2, 0.25) is 0 Å². The lowest BCUT2D eigenvalue weighted by Crippen LogP contribution is -2.51. The highest BCUT2D eigenvalue weighted by Crippen LogP contribution is 2.37. The number of likely N-dealkylation sites (tertiary alicyclic amines) is 2. The first-order valence-corrected chi connectivity index (χ1v) is 36.0. The van der Waals surface area contributed by atoms with Crippen LogP contribution in [-0.4, -0.2) is 159 Å². The van der Waals surface area contributed by atoms with E-state index in [0.29, 0.717) is 107 Å². The monoisotopic (exact) mass is 1500 g/mol. The second-order valence-corrected chi connectivity index (χ2v) is 29.6. The van der Waals surface area contributed by atoms with Crippen molar-refractivity contribution in [3.05, 3.63) is 150 Å². The minimum Gasteiger partial charge on any atom is -0.399 e. The standard InChI is InChI=1S/C23H27F4N3O3S.C17H22ClF3N2O3S.C15H21F3N2O2S.C6H6FN.C2H2Cl2O/c1-16(2)30(34(32,33)21-5-3-4-17(14-21)23(25,26)27)20-10-12-29(13-11-20)22(31)15-28-19-8-6-18(24)7-9-19;1-12(2)23(14-6-8-22(9-7-14)16(24)11-18)27(25,26)15-5-3-4-13(10-15)17(19,20)21;1-11(2)20(13-6-8-19-9-7-13)23(21,22)14-5-3-4-12(10-14)15(16,17)18;7-5-1-3-6(8)4-2-5;3-1-2(4)5/h3-9,14,16,20,28H,10-13,15H2,1-2H3;3-5,10,12,14H,6-9,11H2,1-2H3;3-5,10-11,13,19H,6-9H2,1-2H3;1-4H,8H2;1H2. The fraction of sp³-hybridized carbons (Fsp3) is 0.476. The topological polar surface area (TPSA) is 220 Å².